The molecule has 154 valence electrons. The molecule has 3 aromatic rings. The van der Waals surface area contributed by atoms with E-state index in [9.17, 15) is 18.8 Å². The van der Waals surface area contributed by atoms with E-state index < -0.39 is 29.3 Å². The second-order valence-electron chi connectivity index (χ2n) is 6.68. The topological polar surface area (TPSA) is 90.3 Å². The van der Waals surface area contributed by atoms with Gasteiger partial charge in [0.05, 0.1) is 12.8 Å². The highest BCUT2D eigenvalue weighted by Gasteiger charge is 2.27. The van der Waals surface area contributed by atoms with Gasteiger partial charge in [-0.15, -0.1) is 0 Å². The van der Waals surface area contributed by atoms with Crippen molar-refractivity contribution in [2.45, 2.75) is 19.9 Å². The molecule has 0 fully saturated rings. The van der Waals surface area contributed by atoms with Crippen molar-refractivity contribution in [1.29, 1.82) is 0 Å². The summed E-state index contributed by atoms with van der Waals surface area (Å²) < 4.78 is 19.0. The van der Waals surface area contributed by atoms with Crippen LogP contribution in [0, 0.1) is 19.7 Å². The van der Waals surface area contributed by atoms with Gasteiger partial charge in [-0.2, -0.15) is 9.78 Å². The number of carbonyl (C=O) groups excluding carboxylic acids is 2. The summed E-state index contributed by atoms with van der Waals surface area (Å²) in [5, 5.41) is 6.70. The van der Waals surface area contributed by atoms with Crippen molar-refractivity contribution in [1.82, 2.24) is 15.1 Å². The summed E-state index contributed by atoms with van der Waals surface area (Å²) in [4.78, 5) is 37.4. The number of benzene rings is 2. The average molecular weight is 409 g/mol. The van der Waals surface area contributed by atoms with E-state index in [2.05, 4.69) is 10.4 Å². The minimum Gasteiger partial charge on any atom is -0.467 e. The molecule has 1 atom stereocenters. The lowest BCUT2D eigenvalue weighted by Crippen LogP contribution is -2.37. The van der Waals surface area contributed by atoms with E-state index in [1.807, 2.05) is 32.0 Å². The van der Waals surface area contributed by atoms with Gasteiger partial charge in [-0.25, -0.2) is 9.18 Å². The van der Waals surface area contributed by atoms with Crippen molar-refractivity contribution >= 4 is 11.9 Å². The predicted molar refractivity (Wildman–Crippen MR) is 108 cm³/mol. The fourth-order valence-electron chi connectivity index (χ4n) is 3.15. The molecule has 3 rings (SSSR count). The van der Waals surface area contributed by atoms with Crippen molar-refractivity contribution in [2.24, 2.45) is 0 Å². The van der Waals surface area contributed by atoms with Gasteiger partial charge < -0.3 is 10.1 Å². The first kappa shape index (κ1) is 20.9. The van der Waals surface area contributed by atoms with Crippen molar-refractivity contribution in [3.8, 4) is 5.69 Å². The Kier molecular flexibility index (Phi) is 6.06. The minimum atomic E-state index is -1.04. The summed E-state index contributed by atoms with van der Waals surface area (Å²) in [6.45, 7) is 3.66. The fraction of sp³-hybridized carbons (Fsp3) is 0.182. The van der Waals surface area contributed by atoms with Crippen LogP contribution in [0.15, 0.2) is 59.4 Å². The summed E-state index contributed by atoms with van der Waals surface area (Å²) in [5.74, 6) is -1.76. The van der Waals surface area contributed by atoms with E-state index in [1.54, 1.807) is 0 Å². The molecule has 0 saturated carbocycles. The Balaban J connectivity index is 1.97. The highest BCUT2D eigenvalue weighted by molar-refractivity contribution is 5.95. The van der Waals surface area contributed by atoms with Gasteiger partial charge in [-0.05, 0) is 60.9 Å². The van der Waals surface area contributed by atoms with Gasteiger partial charge in [-0.3, -0.25) is 9.59 Å². The van der Waals surface area contributed by atoms with Crippen LogP contribution >= 0.6 is 0 Å². The van der Waals surface area contributed by atoms with Gasteiger partial charge in [0, 0.05) is 6.07 Å². The number of amides is 1. The number of hydrogen-bond acceptors (Lipinski definition) is 5. The van der Waals surface area contributed by atoms with Gasteiger partial charge >= 0.3 is 5.97 Å². The maximum absolute atomic E-state index is 13.2. The number of esters is 1. The molecule has 0 aliphatic heterocycles. The molecule has 0 unspecified atom stereocenters. The van der Waals surface area contributed by atoms with Crippen molar-refractivity contribution in [3.05, 3.63) is 93.2 Å². The van der Waals surface area contributed by atoms with Crippen LogP contribution in [0.1, 0.15) is 33.2 Å². The van der Waals surface area contributed by atoms with Crippen LogP contribution in [-0.4, -0.2) is 28.8 Å². The second kappa shape index (κ2) is 8.69. The fourth-order valence-corrected chi connectivity index (χ4v) is 3.15. The van der Waals surface area contributed by atoms with E-state index >= 15 is 0 Å². The first-order valence-corrected chi connectivity index (χ1v) is 9.13. The van der Waals surface area contributed by atoms with Crippen molar-refractivity contribution < 1.29 is 18.7 Å². The summed E-state index contributed by atoms with van der Waals surface area (Å²) in [6.07, 6.45) is 0. The molecule has 1 N–H and O–H groups in total. The summed E-state index contributed by atoms with van der Waals surface area (Å²) in [6, 6.07) is 12.0. The smallest absolute Gasteiger partial charge is 0.333 e. The second-order valence-corrected chi connectivity index (χ2v) is 6.68. The Labute approximate surface area is 172 Å². The molecule has 2 aromatic carbocycles. The van der Waals surface area contributed by atoms with E-state index in [0.717, 1.165) is 15.8 Å². The Morgan fingerprint density at radius 1 is 1.03 bits per heavy atom. The van der Waals surface area contributed by atoms with Crippen LogP contribution in [0.5, 0.6) is 0 Å². The Morgan fingerprint density at radius 3 is 2.27 bits per heavy atom. The Morgan fingerprint density at radius 2 is 1.67 bits per heavy atom. The van der Waals surface area contributed by atoms with E-state index in [1.165, 1.54) is 43.5 Å². The predicted octanol–water partition coefficient (Wildman–Crippen LogP) is 2.63. The molecule has 1 aromatic heterocycles. The number of aromatic nitrogens is 2. The third-order valence-corrected chi connectivity index (χ3v) is 4.65. The molecule has 0 saturated heterocycles. The molecule has 1 amide bonds. The number of nitrogens with one attached hydrogen (secondary N) is 1. The van der Waals surface area contributed by atoms with Crippen LogP contribution in [0.4, 0.5) is 4.39 Å². The van der Waals surface area contributed by atoms with E-state index in [-0.39, 0.29) is 5.69 Å². The summed E-state index contributed by atoms with van der Waals surface area (Å²) in [5.41, 5.74) is 1.99. The molecule has 0 spiro atoms. The van der Waals surface area contributed by atoms with Crippen LogP contribution in [0.25, 0.3) is 5.69 Å². The molecule has 1 heterocycles. The van der Waals surface area contributed by atoms with Crippen LogP contribution in [-0.2, 0) is 9.53 Å². The molecule has 0 aliphatic rings. The van der Waals surface area contributed by atoms with Gasteiger partial charge in [0.25, 0.3) is 11.5 Å². The molecule has 0 bridgehead atoms. The lowest BCUT2D eigenvalue weighted by Gasteiger charge is -2.20. The van der Waals surface area contributed by atoms with E-state index in [0.29, 0.717) is 11.3 Å². The highest BCUT2D eigenvalue weighted by atomic mass is 19.1. The highest BCUT2D eigenvalue weighted by Crippen LogP contribution is 2.23. The normalized spacial score (nSPS) is 11.6. The number of halogens is 1. The first-order chi connectivity index (χ1) is 14.3. The zero-order valence-electron chi connectivity index (χ0n) is 16.7. The average Bonchev–Trinajstić information content (AvgIpc) is 2.73. The minimum absolute atomic E-state index is 0.0842. The SMILES string of the molecule is COC(=O)[C@@H](NC(=O)c1ccc(=O)n(-c2ccc(F)cc2)n1)c1c(C)cccc1C. The van der Waals surface area contributed by atoms with Crippen LogP contribution in [0.3, 0.4) is 0 Å². The number of ether oxygens (including phenoxy) is 1. The largest absolute Gasteiger partial charge is 0.467 e. The number of carbonyl (C=O) groups is 2. The third kappa shape index (κ3) is 4.27. The van der Waals surface area contributed by atoms with Gasteiger partial charge in [0.1, 0.15) is 11.5 Å². The van der Waals surface area contributed by atoms with E-state index in [4.69, 9.17) is 4.74 Å². The number of methoxy groups -OCH3 is 1. The number of aryl methyl sites for hydroxylation is 2. The summed E-state index contributed by atoms with van der Waals surface area (Å²) in [7, 11) is 1.24. The number of rotatable bonds is 5. The standard InChI is InChI=1S/C22H20FN3O4/c1-13-5-4-6-14(2)19(13)20(22(29)30-3)24-21(28)17-11-12-18(27)26(25-17)16-9-7-15(23)8-10-16/h4-12,20H,1-3H3,(H,24,28)/t20-/m0/s1. The van der Waals surface area contributed by atoms with Gasteiger partial charge in [-0.1, -0.05) is 18.2 Å². The Hall–Kier alpha value is -3.81. The van der Waals surface area contributed by atoms with Gasteiger partial charge in [0.15, 0.2) is 6.04 Å². The molecule has 8 heteroatoms. The summed E-state index contributed by atoms with van der Waals surface area (Å²) >= 11 is 0. The van der Waals surface area contributed by atoms with Gasteiger partial charge in [0.2, 0.25) is 0 Å². The van der Waals surface area contributed by atoms with Crippen molar-refractivity contribution in [3.63, 3.8) is 0 Å². The zero-order valence-corrected chi connectivity index (χ0v) is 16.7. The van der Waals surface area contributed by atoms with Crippen molar-refractivity contribution in [2.75, 3.05) is 7.11 Å². The number of nitrogens with zero attached hydrogens (tertiary/aromatic N) is 2. The maximum atomic E-state index is 13.2. The maximum Gasteiger partial charge on any atom is 0.333 e. The Bertz CT molecular complexity index is 1140. The molecule has 30 heavy (non-hydrogen) atoms. The quantitative estimate of drug-likeness (QED) is 0.655. The number of hydrogen-bond donors (Lipinski definition) is 1. The first-order valence-electron chi connectivity index (χ1n) is 9.13. The molecular weight excluding hydrogens is 389 g/mol. The molecule has 0 aliphatic carbocycles. The van der Waals surface area contributed by atoms with Crippen LogP contribution < -0.4 is 10.9 Å². The third-order valence-electron chi connectivity index (χ3n) is 4.65. The van der Waals surface area contributed by atoms with Crippen LogP contribution in [0.2, 0.25) is 0 Å². The molecule has 7 nitrogen and oxygen atoms in total. The zero-order chi connectivity index (χ0) is 21.8. The molecular formula is C22H20FN3O4. The monoisotopic (exact) mass is 409 g/mol. The lowest BCUT2D eigenvalue weighted by molar-refractivity contribution is -0.143. The lowest BCUT2D eigenvalue weighted by atomic mass is 9.96. The molecule has 0 radical (unpaired) electrons.